The van der Waals surface area contributed by atoms with Crippen LogP contribution in [0.25, 0.3) is 0 Å². The minimum Gasteiger partial charge on any atom is -0.390 e. The molecule has 142 valence electrons. The maximum absolute atomic E-state index is 12.5. The fourth-order valence-electron chi connectivity index (χ4n) is 6.46. The van der Waals surface area contributed by atoms with E-state index in [1.807, 2.05) is 13.8 Å². The topological polar surface area (TPSA) is 54.4 Å². The molecular formula is C21H33BrO3. The van der Waals surface area contributed by atoms with E-state index < -0.39 is 5.60 Å². The van der Waals surface area contributed by atoms with Crippen molar-refractivity contribution in [1.29, 1.82) is 0 Å². The van der Waals surface area contributed by atoms with Crippen LogP contribution in [0.5, 0.6) is 0 Å². The van der Waals surface area contributed by atoms with Gasteiger partial charge in [-0.1, -0.05) is 22.9 Å². The molecule has 4 heteroatoms. The molecule has 0 radical (unpaired) electrons. The van der Waals surface area contributed by atoms with E-state index in [0.717, 1.165) is 44.9 Å². The zero-order chi connectivity index (χ0) is 18.4. The Labute approximate surface area is 160 Å². The first-order chi connectivity index (χ1) is 11.7. The first-order valence-electron chi connectivity index (χ1n) is 9.98. The monoisotopic (exact) mass is 412 g/mol. The number of aliphatic hydroxyl groups is 1. The van der Waals surface area contributed by atoms with E-state index in [2.05, 4.69) is 22.9 Å². The van der Waals surface area contributed by atoms with Crippen molar-refractivity contribution in [3.8, 4) is 0 Å². The molecule has 0 bridgehead atoms. The summed E-state index contributed by atoms with van der Waals surface area (Å²) in [6.07, 6.45) is 7.50. The number of hydrogen-bond acceptors (Lipinski definition) is 3. The summed E-state index contributed by atoms with van der Waals surface area (Å²) in [5, 5.41) is 10.6. The van der Waals surface area contributed by atoms with Crippen LogP contribution >= 0.6 is 15.9 Å². The van der Waals surface area contributed by atoms with Gasteiger partial charge in [0.1, 0.15) is 11.6 Å². The predicted octanol–water partition coefficient (Wildman–Crippen LogP) is 4.54. The smallest absolute Gasteiger partial charge is 0.147 e. The van der Waals surface area contributed by atoms with Gasteiger partial charge in [0.05, 0.1) is 10.9 Å². The Morgan fingerprint density at radius 1 is 1.24 bits per heavy atom. The standard InChI is InChI=1S/C21H33BrO3/c1-20(2,25)8-6-13-10-14(23)11-16-15(13)7-9-21(3)17(16)4-5-18(21)19(24)12-22/h13,15-18,25H,4-12H2,1-3H3. The molecule has 0 aromatic rings. The number of ketones is 2. The van der Waals surface area contributed by atoms with Gasteiger partial charge in [0.25, 0.3) is 0 Å². The highest BCUT2D eigenvalue weighted by atomic mass is 79.9. The Hall–Kier alpha value is -0.220. The van der Waals surface area contributed by atoms with Crippen LogP contribution in [-0.2, 0) is 9.59 Å². The van der Waals surface area contributed by atoms with Gasteiger partial charge in [-0.2, -0.15) is 0 Å². The van der Waals surface area contributed by atoms with Crippen LogP contribution < -0.4 is 0 Å². The van der Waals surface area contributed by atoms with Gasteiger partial charge in [-0.15, -0.1) is 0 Å². The third-order valence-corrected chi connectivity index (χ3v) is 8.25. The zero-order valence-electron chi connectivity index (χ0n) is 15.9. The second-order valence-corrected chi connectivity index (χ2v) is 10.3. The Kier molecular flexibility index (Phi) is 5.53. The molecule has 0 saturated heterocycles. The van der Waals surface area contributed by atoms with Crippen molar-refractivity contribution in [1.82, 2.24) is 0 Å². The number of Topliss-reactive ketones (excluding diaryl/α,β-unsaturated/α-hetero) is 2. The van der Waals surface area contributed by atoms with Gasteiger partial charge >= 0.3 is 0 Å². The molecule has 0 aromatic carbocycles. The average Bonchev–Trinajstić information content (AvgIpc) is 2.88. The molecule has 6 unspecified atom stereocenters. The van der Waals surface area contributed by atoms with Crippen molar-refractivity contribution < 1.29 is 14.7 Å². The predicted molar refractivity (Wildman–Crippen MR) is 103 cm³/mol. The van der Waals surface area contributed by atoms with Crippen LogP contribution in [0, 0.1) is 35.0 Å². The van der Waals surface area contributed by atoms with Crippen molar-refractivity contribution in [3.63, 3.8) is 0 Å². The Morgan fingerprint density at radius 3 is 2.60 bits per heavy atom. The normalized spacial score (nSPS) is 41.3. The molecule has 3 fully saturated rings. The van der Waals surface area contributed by atoms with Gasteiger partial charge in [-0.05, 0) is 81.5 Å². The highest BCUT2D eigenvalue weighted by Gasteiger charge is 2.57. The van der Waals surface area contributed by atoms with E-state index in [1.165, 1.54) is 0 Å². The molecule has 0 spiro atoms. The maximum atomic E-state index is 12.5. The Balaban J connectivity index is 1.78. The first-order valence-corrected chi connectivity index (χ1v) is 11.1. The number of carbonyl (C=O) groups is 2. The number of fused-ring (bicyclic) bond motifs is 3. The number of alkyl halides is 1. The molecule has 3 aliphatic rings. The van der Waals surface area contributed by atoms with Gasteiger partial charge < -0.3 is 5.11 Å². The number of rotatable bonds is 5. The summed E-state index contributed by atoms with van der Waals surface area (Å²) in [4.78, 5) is 24.9. The summed E-state index contributed by atoms with van der Waals surface area (Å²) in [6, 6.07) is 0. The van der Waals surface area contributed by atoms with Gasteiger partial charge in [0.15, 0.2) is 0 Å². The zero-order valence-corrected chi connectivity index (χ0v) is 17.5. The average molecular weight is 413 g/mol. The lowest BCUT2D eigenvalue weighted by Crippen LogP contribution is -2.48. The summed E-state index contributed by atoms with van der Waals surface area (Å²) in [5.41, 5.74) is -0.565. The fourth-order valence-corrected chi connectivity index (χ4v) is 6.85. The molecule has 0 heterocycles. The van der Waals surface area contributed by atoms with E-state index in [0.29, 0.717) is 47.0 Å². The molecule has 3 nitrogen and oxygen atoms in total. The van der Waals surface area contributed by atoms with Crippen LogP contribution in [0.3, 0.4) is 0 Å². The molecule has 0 aromatic heterocycles. The minimum atomic E-state index is -0.653. The molecule has 3 aliphatic carbocycles. The minimum absolute atomic E-state index is 0.0877. The maximum Gasteiger partial charge on any atom is 0.147 e. The summed E-state index contributed by atoms with van der Waals surface area (Å²) >= 11 is 3.37. The van der Waals surface area contributed by atoms with E-state index in [-0.39, 0.29) is 11.3 Å². The van der Waals surface area contributed by atoms with Crippen LogP contribution in [0.15, 0.2) is 0 Å². The van der Waals surface area contributed by atoms with Crippen LogP contribution in [0.1, 0.15) is 72.1 Å². The largest absolute Gasteiger partial charge is 0.390 e. The van der Waals surface area contributed by atoms with E-state index >= 15 is 0 Å². The third kappa shape index (κ3) is 3.76. The van der Waals surface area contributed by atoms with Crippen molar-refractivity contribution in [2.75, 3.05) is 5.33 Å². The van der Waals surface area contributed by atoms with Crippen LogP contribution in [0.4, 0.5) is 0 Å². The lowest BCUT2D eigenvalue weighted by Gasteiger charge is -2.52. The Bertz CT molecular complexity index is 538. The van der Waals surface area contributed by atoms with Gasteiger partial charge in [0.2, 0.25) is 0 Å². The molecule has 25 heavy (non-hydrogen) atoms. The highest BCUT2D eigenvalue weighted by molar-refractivity contribution is 9.09. The summed E-state index contributed by atoms with van der Waals surface area (Å²) in [5.74, 6) is 2.94. The second kappa shape index (κ2) is 7.07. The molecule has 3 saturated carbocycles. The van der Waals surface area contributed by atoms with Crippen LogP contribution in [0.2, 0.25) is 0 Å². The van der Waals surface area contributed by atoms with Gasteiger partial charge in [-0.25, -0.2) is 0 Å². The van der Waals surface area contributed by atoms with Crippen molar-refractivity contribution in [2.24, 2.45) is 35.0 Å². The van der Waals surface area contributed by atoms with Crippen molar-refractivity contribution in [2.45, 2.75) is 77.7 Å². The summed E-state index contributed by atoms with van der Waals surface area (Å²) < 4.78 is 0. The third-order valence-electron chi connectivity index (χ3n) is 7.70. The van der Waals surface area contributed by atoms with E-state index in [4.69, 9.17) is 0 Å². The molecule has 0 aliphatic heterocycles. The number of hydrogen-bond donors (Lipinski definition) is 1. The van der Waals surface area contributed by atoms with E-state index in [1.54, 1.807) is 0 Å². The summed E-state index contributed by atoms with van der Waals surface area (Å²) in [7, 11) is 0. The van der Waals surface area contributed by atoms with Crippen molar-refractivity contribution in [3.05, 3.63) is 0 Å². The van der Waals surface area contributed by atoms with Crippen molar-refractivity contribution >= 4 is 27.5 Å². The number of halogens is 1. The molecule has 0 amide bonds. The van der Waals surface area contributed by atoms with Crippen LogP contribution in [-0.4, -0.2) is 27.6 Å². The van der Waals surface area contributed by atoms with Gasteiger partial charge in [0, 0.05) is 18.8 Å². The number of carbonyl (C=O) groups excluding carboxylic acids is 2. The molecule has 6 atom stereocenters. The lowest BCUT2D eigenvalue weighted by atomic mass is 9.52. The highest BCUT2D eigenvalue weighted by Crippen LogP contribution is 2.62. The molecule has 1 N–H and O–H groups in total. The Morgan fingerprint density at radius 2 is 1.96 bits per heavy atom. The quantitative estimate of drug-likeness (QED) is 0.674. The van der Waals surface area contributed by atoms with E-state index in [9.17, 15) is 14.7 Å². The second-order valence-electron chi connectivity index (χ2n) is 9.77. The fraction of sp³-hybridized carbons (Fsp3) is 0.905. The summed E-state index contributed by atoms with van der Waals surface area (Å²) in [6.45, 7) is 6.04. The van der Waals surface area contributed by atoms with Gasteiger partial charge in [-0.3, -0.25) is 9.59 Å². The first kappa shape index (κ1) is 19.5. The molecule has 3 rings (SSSR count). The molecular weight excluding hydrogens is 380 g/mol. The lowest BCUT2D eigenvalue weighted by molar-refractivity contribution is -0.133. The SMILES string of the molecule is CC(C)(O)CCC1CC(=O)CC2C1CCC1(C)C(C(=O)CBr)CCC21.